The predicted molar refractivity (Wildman–Crippen MR) is 80.3 cm³/mol. The van der Waals surface area contributed by atoms with Gasteiger partial charge in [-0.05, 0) is 31.4 Å². The predicted octanol–water partition coefficient (Wildman–Crippen LogP) is 2.11. The summed E-state index contributed by atoms with van der Waals surface area (Å²) in [6.45, 7) is 1.97. The van der Waals surface area contributed by atoms with Gasteiger partial charge in [0.2, 0.25) is 0 Å². The van der Waals surface area contributed by atoms with Gasteiger partial charge in [0.15, 0.2) is 0 Å². The van der Waals surface area contributed by atoms with Gasteiger partial charge in [-0.3, -0.25) is 9.78 Å². The average Bonchev–Trinajstić information content (AvgIpc) is 2.57. The summed E-state index contributed by atoms with van der Waals surface area (Å²) >= 11 is 0. The van der Waals surface area contributed by atoms with E-state index in [0.29, 0.717) is 11.4 Å². The van der Waals surface area contributed by atoms with Crippen LogP contribution in [0.15, 0.2) is 36.9 Å². The van der Waals surface area contributed by atoms with Crippen molar-refractivity contribution in [2.45, 2.75) is 19.3 Å². The smallest absolute Gasteiger partial charge is 0.274 e. The van der Waals surface area contributed by atoms with Gasteiger partial charge >= 0.3 is 0 Å². The lowest BCUT2D eigenvalue weighted by atomic mass is 10.1. The molecule has 21 heavy (non-hydrogen) atoms. The Labute approximate surface area is 123 Å². The monoisotopic (exact) mass is 283 g/mol. The maximum absolute atomic E-state index is 12.2. The van der Waals surface area contributed by atoms with E-state index in [9.17, 15) is 4.79 Å². The summed E-state index contributed by atoms with van der Waals surface area (Å²) in [6, 6.07) is 5.31. The first-order valence-electron chi connectivity index (χ1n) is 7.11. The first-order valence-corrected chi connectivity index (χ1v) is 7.11. The second-order valence-corrected chi connectivity index (χ2v) is 5.00. The molecule has 3 rings (SSSR count). The van der Waals surface area contributed by atoms with E-state index in [1.54, 1.807) is 30.6 Å². The third-order valence-corrected chi connectivity index (χ3v) is 3.48. The van der Waals surface area contributed by atoms with Gasteiger partial charge in [-0.2, -0.15) is 0 Å². The van der Waals surface area contributed by atoms with Crippen molar-refractivity contribution in [3.8, 4) is 0 Å². The van der Waals surface area contributed by atoms with Gasteiger partial charge in [0, 0.05) is 25.4 Å². The minimum Gasteiger partial charge on any atom is -0.357 e. The molecule has 6 heteroatoms. The molecule has 1 aliphatic rings. The number of hydrogen-bond acceptors (Lipinski definition) is 5. The molecule has 1 N–H and O–H groups in total. The van der Waals surface area contributed by atoms with E-state index in [4.69, 9.17) is 0 Å². The van der Waals surface area contributed by atoms with Crippen molar-refractivity contribution in [2.75, 3.05) is 23.3 Å². The molecule has 1 aliphatic heterocycles. The van der Waals surface area contributed by atoms with Gasteiger partial charge in [0.25, 0.3) is 5.91 Å². The fourth-order valence-corrected chi connectivity index (χ4v) is 2.40. The quantitative estimate of drug-likeness (QED) is 0.934. The largest absolute Gasteiger partial charge is 0.357 e. The second-order valence-electron chi connectivity index (χ2n) is 5.00. The molecule has 0 atom stereocenters. The van der Waals surface area contributed by atoms with E-state index in [1.807, 2.05) is 0 Å². The number of anilines is 2. The Morgan fingerprint density at radius 3 is 2.81 bits per heavy atom. The fraction of sp³-hybridized carbons (Fsp3) is 0.333. The first kappa shape index (κ1) is 13.5. The highest BCUT2D eigenvalue weighted by Gasteiger charge is 2.15. The molecule has 1 fully saturated rings. The van der Waals surface area contributed by atoms with Crippen molar-refractivity contribution in [1.82, 2.24) is 15.0 Å². The summed E-state index contributed by atoms with van der Waals surface area (Å²) < 4.78 is 0. The summed E-state index contributed by atoms with van der Waals surface area (Å²) in [5, 5.41) is 2.78. The standard InChI is InChI=1S/C15H17N5O/c21-15(19-12-5-4-6-16-10-12)13-9-14(18-11-17-13)20-7-2-1-3-8-20/h4-6,9-11H,1-3,7-8H2,(H,19,21). The van der Waals surface area contributed by atoms with Crippen molar-refractivity contribution in [2.24, 2.45) is 0 Å². The number of nitrogens with zero attached hydrogens (tertiary/aromatic N) is 4. The lowest BCUT2D eigenvalue weighted by Crippen LogP contribution is -2.30. The molecule has 0 aliphatic carbocycles. The molecule has 1 amide bonds. The molecule has 0 unspecified atom stereocenters. The number of rotatable bonds is 3. The Morgan fingerprint density at radius 2 is 2.05 bits per heavy atom. The molecule has 1 saturated heterocycles. The fourth-order valence-electron chi connectivity index (χ4n) is 2.40. The van der Waals surface area contributed by atoms with Crippen LogP contribution in [0.3, 0.4) is 0 Å². The molecular formula is C15H17N5O. The van der Waals surface area contributed by atoms with Crippen molar-refractivity contribution >= 4 is 17.4 Å². The van der Waals surface area contributed by atoms with Gasteiger partial charge in [0.1, 0.15) is 17.8 Å². The molecular weight excluding hydrogens is 266 g/mol. The maximum Gasteiger partial charge on any atom is 0.274 e. The molecule has 0 radical (unpaired) electrons. The Bertz CT molecular complexity index is 610. The molecule has 3 heterocycles. The SMILES string of the molecule is O=C(Nc1cccnc1)c1cc(N2CCCCC2)ncn1. The van der Waals surface area contributed by atoms with Crippen LogP contribution in [0.2, 0.25) is 0 Å². The van der Waals surface area contributed by atoms with Gasteiger partial charge < -0.3 is 10.2 Å². The molecule has 0 aromatic carbocycles. The number of nitrogens with one attached hydrogen (secondary N) is 1. The zero-order valence-electron chi connectivity index (χ0n) is 11.7. The van der Waals surface area contributed by atoms with Crippen molar-refractivity contribution < 1.29 is 4.79 Å². The van der Waals surface area contributed by atoms with E-state index in [-0.39, 0.29) is 5.91 Å². The molecule has 2 aromatic rings. The number of amides is 1. The zero-order chi connectivity index (χ0) is 14.5. The Hall–Kier alpha value is -2.50. The minimum atomic E-state index is -0.247. The average molecular weight is 283 g/mol. The van der Waals surface area contributed by atoms with Crippen LogP contribution in [-0.2, 0) is 0 Å². The highest BCUT2D eigenvalue weighted by molar-refractivity contribution is 6.03. The van der Waals surface area contributed by atoms with Crippen LogP contribution in [0.4, 0.5) is 11.5 Å². The molecule has 0 bridgehead atoms. The first-order chi connectivity index (χ1) is 10.3. The zero-order valence-corrected chi connectivity index (χ0v) is 11.7. The van der Waals surface area contributed by atoms with Crippen LogP contribution < -0.4 is 10.2 Å². The highest BCUT2D eigenvalue weighted by Crippen LogP contribution is 2.17. The summed E-state index contributed by atoms with van der Waals surface area (Å²) in [7, 11) is 0. The van der Waals surface area contributed by atoms with Crippen LogP contribution in [0.25, 0.3) is 0 Å². The number of hydrogen-bond donors (Lipinski definition) is 1. The Morgan fingerprint density at radius 1 is 1.19 bits per heavy atom. The lowest BCUT2D eigenvalue weighted by Gasteiger charge is -2.27. The molecule has 108 valence electrons. The number of carbonyl (C=O) groups excluding carboxylic acids is 1. The van der Waals surface area contributed by atoms with Gasteiger partial charge in [-0.1, -0.05) is 0 Å². The number of pyridine rings is 1. The molecule has 2 aromatic heterocycles. The Kier molecular flexibility index (Phi) is 4.04. The maximum atomic E-state index is 12.2. The van der Waals surface area contributed by atoms with E-state index >= 15 is 0 Å². The topological polar surface area (TPSA) is 71.0 Å². The Balaban J connectivity index is 1.74. The summed E-state index contributed by atoms with van der Waals surface area (Å²) in [5.74, 6) is 0.574. The van der Waals surface area contributed by atoms with Crippen LogP contribution >= 0.6 is 0 Å². The summed E-state index contributed by atoms with van der Waals surface area (Å²) in [6.07, 6.45) is 8.31. The van der Waals surface area contributed by atoms with Crippen molar-refractivity contribution in [3.63, 3.8) is 0 Å². The van der Waals surface area contributed by atoms with Crippen LogP contribution in [0.5, 0.6) is 0 Å². The van der Waals surface area contributed by atoms with E-state index in [2.05, 4.69) is 25.2 Å². The lowest BCUT2D eigenvalue weighted by molar-refractivity contribution is 0.102. The van der Waals surface area contributed by atoms with Crippen LogP contribution in [0, 0.1) is 0 Å². The molecule has 0 spiro atoms. The minimum absolute atomic E-state index is 0.247. The van der Waals surface area contributed by atoms with Crippen LogP contribution in [-0.4, -0.2) is 33.9 Å². The second kappa shape index (κ2) is 6.30. The van der Waals surface area contributed by atoms with Gasteiger partial charge in [0.05, 0.1) is 11.9 Å². The summed E-state index contributed by atoms with van der Waals surface area (Å²) in [5.41, 5.74) is 1.02. The number of aromatic nitrogens is 3. The van der Waals surface area contributed by atoms with Gasteiger partial charge in [-0.15, -0.1) is 0 Å². The van der Waals surface area contributed by atoms with E-state index < -0.39 is 0 Å². The third-order valence-electron chi connectivity index (χ3n) is 3.48. The van der Waals surface area contributed by atoms with Crippen LogP contribution in [0.1, 0.15) is 29.8 Å². The van der Waals surface area contributed by atoms with E-state index in [0.717, 1.165) is 18.9 Å². The van der Waals surface area contributed by atoms with Crippen molar-refractivity contribution in [3.05, 3.63) is 42.6 Å². The van der Waals surface area contributed by atoms with Crippen molar-refractivity contribution in [1.29, 1.82) is 0 Å². The van der Waals surface area contributed by atoms with E-state index in [1.165, 1.54) is 25.6 Å². The summed E-state index contributed by atoms with van der Waals surface area (Å²) in [4.78, 5) is 26.7. The third kappa shape index (κ3) is 3.34. The highest BCUT2D eigenvalue weighted by atomic mass is 16.1. The molecule has 0 saturated carbocycles. The molecule has 6 nitrogen and oxygen atoms in total. The normalized spacial score (nSPS) is 14.8. The number of carbonyl (C=O) groups is 1. The number of piperidine rings is 1. The van der Waals surface area contributed by atoms with Gasteiger partial charge in [-0.25, -0.2) is 9.97 Å².